The van der Waals surface area contributed by atoms with E-state index in [2.05, 4.69) is 9.97 Å². The summed E-state index contributed by atoms with van der Waals surface area (Å²) >= 11 is 0. The van der Waals surface area contributed by atoms with Crippen molar-refractivity contribution in [2.45, 2.75) is 25.7 Å². The van der Waals surface area contributed by atoms with E-state index in [0.29, 0.717) is 6.42 Å². The first kappa shape index (κ1) is 10.7. The number of imidazole rings is 1. The molecule has 0 saturated heterocycles. The Hall–Kier alpha value is -1.84. The molecule has 0 bridgehead atoms. The third-order valence-corrected chi connectivity index (χ3v) is 2.55. The Balaban J connectivity index is 1.92. The minimum absolute atomic E-state index is 0.268. The average molecular weight is 216 g/mol. The zero-order chi connectivity index (χ0) is 11.4. The number of para-hydroxylation sites is 2. The molecule has 0 aliphatic heterocycles. The molecule has 0 fully saturated rings. The van der Waals surface area contributed by atoms with Gasteiger partial charge in [-0.05, 0) is 25.0 Å². The molecule has 0 aliphatic carbocycles. The molecule has 4 N–H and O–H groups in total. The first-order chi connectivity index (χ1) is 7.75. The van der Waals surface area contributed by atoms with Crippen LogP contribution in [0.15, 0.2) is 24.3 Å². The fraction of sp³-hybridized carbons (Fsp3) is 0.333. The average Bonchev–Trinajstić information content (AvgIpc) is 2.66. The molecule has 0 aliphatic rings. The maximum atomic E-state index is 7.12. The Bertz CT molecular complexity index is 453. The van der Waals surface area contributed by atoms with Crippen molar-refractivity contribution < 1.29 is 0 Å². The molecule has 2 aromatic rings. The highest BCUT2D eigenvalue weighted by atomic mass is 14.9. The van der Waals surface area contributed by atoms with Gasteiger partial charge >= 0.3 is 0 Å². The summed E-state index contributed by atoms with van der Waals surface area (Å²) in [5.41, 5.74) is 7.40. The quantitative estimate of drug-likeness (QED) is 0.407. The van der Waals surface area contributed by atoms with Crippen molar-refractivity contribution in [1.29, 1.82) is 5.41 Å². The molecular formula is C12H16N4. The molecular weight excluding hydrogens is 200 g/mol. The fourth-order valence-electron chi connectivity index (χ4n) is 1.73. The van der Waals surface area contributed by atoms with Gasteiger partial charge in [0.2, 0.25) is 0 Å². The maximum Gasteiger partial charge on any atom is 0.107 e. The van der Waals surface area contributed by atoms with E-state index < -0.39 is 0 Å². The first-order valence-corrected chi connectivity index (χ1v) is 5.52. The second-order valence-corrected chi connectivity index (χ2v) is 3.93. The van der Waals surface area contributed by atoms with Gasteiger partial charge in [0.15, 0.2) is 0 Å². The Labute approximate surface area is 94.4 Å². The van der Waals surface area contributed by atoms with E-state index in [1.807, 2.05) is 24.3 Å². The number of nitrogens with one attached hydrogen (secondary N) is 2. The van der Waals surface area contributed by atoms with Crippen molar-refractivity contribution in [1.82, 2.24) is 9.97 Å². The lowest BCUT2D eigenvalue weighted by Crippen LogP contribution is -2.08. The van der Waals surface area contributed by atoms with Gasteiger partial charge < -0.3 is 10.7 Å². The number of rotatable bonds is 5. The summed E-state index contributed by atoms with van der Waals surface area (Å²) in [6.07, 6.45) is 3.56. The van der Waals surface area contributed by atoms with Crippen LogP contribution in [-0.2, 0) is 6.42 Å². The van der Waals surface area contributed by atoms with Gasteiger partial charge in [-0.15, -0.1) is 0 Å². The van der Waals surface area contributed by atoms with Crippen LogP contribution in [0.4, 0.5) is 0 Å². The molecule has 4 nitrogen and oxygen atoms in total. The van der Waals surface area contributed by atoms with Crippen molar-refractivity contribution in [3.63, 3.8) is 0 Å². The van der Waals surface area contributed by atoms with E-state index in [-0.39, 0.29) is 5.84 Å². The first-order valence-electron chi connectivity index (χ1n) is 5.52. The van der Waals surface area contributed by atoms with E-state index >= 15 is 0 Å². The van der Waals surface area contributed by atoms with E-state index in [4.69, 9.17) is 11.1 Å². The van der Waals surface area contributed by atoms with Crippen LogP contribution in [0, 0.1) is 5.41 Å². The van der Waals surface area contributed by atoms with Crippen LogP contribution >= 0.6 is 0 Å². The van der Waals surface area contributed by atoms with Crippen molar-refractivity contribution >= 4 is 16.9 Å². The molecule has 1 aromatic heterocycles. The van der Waals surface area contributed by atoms with Gasteiger partial charge in [0.05, 0.1) is 16.9 Å². The van der Waals surface area contributed by atoms with Crippen molar-refractivity contribution in [3.05, 3.63) is 30.1 Å². The SMILES string of the molecule is N=C(N)CCCCc1nc2ccccc2[nH]1. The number of fused-ring (bicyclic) bond motifs is 1. The van der Waals surface area contributed by atoms with Gasteiger partial charge in [0, 0.05) is 12.8 Å². The molecule has 0 spiro atoms. The third-order valence-electron chi connectivity index (χ3n) is 2.55. The van der Waals surface area contributed by atoms with Crippen LogP contribution in [-0.4, -0.2) is 15.8 Å². The fourth-order valence-corrected chi connectivity index (χ4v) is 1.73. The largest absolute Gasteiger partial charge is 0.388 e. The van der Waals surface area contributed by atoms with Crippen LogP contribution < -0.4 is 5.73 Å². The molecule has 16 heavy (non-hydrogen) atoms. The predicted octanol–water partition coefficient (Wildman–Crippen LogP) is 2.21. The number of aromatic nitrogens is 2. The lowest BCUT2D eigenvalue weighted by molar-refractivity contribution is 0.734. The van der Waals surface area contributed by atoms with Crippen molar-refractivity contribution in [2.75, 3.05) is 0 Å². The standard InChI is InChI=1S/C12H16N4/c13-11(14)7-3-4-8-12-15-9-5-1-2-6-10(9)16-12/h1-2,5-6H,3-4,7-8H2,(H3,13,14)(H,15,16). The number of benzene rings is 1. The molecule has 0 radical (unpaired) electrons. The highest BCUT2D eigenvalue weighted by Crippen LogP contribution is 2.12. The van der Waals surface area contributed by atoms with Gasteiger partial charge in [-0.1, -0.05) is 12.1 Å². The van der Waals surface area contributed by atoms with Gasteiger partial charge in [-0.3, -0.25) is 5.41 Å². The summed E-state index contributed by atoms with van der Waals surface area (Å²) in [6.45, 7) is 0. The summed E-state index contributed by atoms with van der Waals surface area (Å²) in [5.74, 6) is 1.29. The number of aryl methyl sites for hydroxylation is 1. The minimum atomic E-state index is 0.268. The number of hydrogen-bond acceptors (Lipinski definition) is 2. The van der Waals surface area contributed by atoms with Crippen LogP contribution in [0.1, 0.15) is 25.1 Å². The molecule has 1 aromatic carbocycles. The second-order valence-electron chi connectivity index (χ2n) is 3.93. The molecule has 0 unspecified atom stereocenters. The summed E-state index contributed by atoms with van der Waals surface area (Å²) in [4.78, 5) is 7.78. The number of H-pyrrole nitrogens is 1. The number of nitrogens with two attached hydrogens (primary N) is 1. The van der Waals surface area contributed by atoms with Gasteiger partial charge in [0.1, 0.15) is 5.82 Å². The van der Waals surface area contributed by atoms with E-state index in [1.54, 1.807) is 0 Å². The highest BCUT2D eigenvalue weighted by molar-refractivity contribution is 5.76. The molecule has 4 heteroatoms. The Morgan fingerprint density at radius 1 is 1.31 bits per heavy atom. The lowest BCUT2D eigenvalue weighted by Gasteiger charge is -1.97. The van der Waals surface area contributed by atoms with E-state index in [0.717, 1.165) is 36.1 Å². The number of hydrogen-bond donors (Lipinski definition) is 3. The Morgan fingerprint density at radius 3 is 2.88 bits per heavy atom. The highest BCUT2D eigenvalue weighted by Gasteiger charge is 2.01. The Kier molecular flexibility index (Phi) is 3.19. The molecule has 1 heterocycles. The molecule has 84 valence electrons. The van der Waals surface area contributed by atoms with Crippen LogP contribution in [0.25, 0.3) is 11.0 Å². The number of aromatic amines is 1. The zero-order valence-electron chi connectivity index (χ0n) is 9.16. The minimum Gasteiger partial charge on any atom is -0.388 e. The summed E-state index contributed by atoms with van der Waals surface area (Å²) in [6, 6.07) is 8.02. The molecule has 0 saturated carbocycles. The smallest absolute Gasteiger partial charge is 0.107 e. The van der Waals surface area contributed by atoms with Gasteiger partial charge in [-0.2, -0.15) is 0 Å². The zero-order valence-corrected chi connectivity index (χ0v) is 9.16. The summed E-state index contributed by atoms with van der Waals surface area (Å²) < 4.78 is 0. The van der Waals surface area contributed by atoms with Crippen LogP contribution in [0.3, 0.4) is 0 Å². The number of amidine groups is 1. The van der Waals surface area contributed by atoms with Gasteiger partial charge in [0.25, 0.3) is 0 Å². The molecule has 0 amide bonds. The van der Waals surface area contributed by atoms with E-state index in [9.17, 15) is 0 Å². The number of nitrogens with zero attached hydrogens (tertiary/aromatic N) is 1. The van der Waals surface area contributed by atoms with Crippen molar-refractivity contribution in [2.24, 2.45) is 5.73 Å². The second kappa shape index (κ2) is 4.79. The normalized spacial score (nSPS) is 10.8. The maximum absolute atomic E-state index is 7.12. The third kappa shape index (κ3) is 2.59. The summed E-state index contributed by atoms with van der Waals surface area (Å²) in [5, 5.41) is 7.12. The summed E-state index contributed by atoms with van der Waals surface area (Å²) in [7, 11) is 0. The monoisotopic (exact) mass is 216 g/mol. The molecule has 2 rings (SSSR count). The van der Waals surface area contributed by atoms with Crippen molar-refractivity contribution in [3.8, 4) is 0 Å². The lowest BCUT2D eigenvalue weighted by atomic mass is 10.2. The molecule has 0 atom stereocenters. The van der Waals surface area contributed by atoms with Gasteiger partial charge in [-0.25, -0.2) is 4.98 Å². The topological polar surface area (TPSA) is 78.6 Å². The number of unbranched alkanes of at least 4 members (excludes halogenated alkanes) is 1. The Morgan fingerprint density at radius 2 is 2.12 bits per heavy atom. The predicted molar refractivity (Wildman–Crippen MR) is 65.6 cm³/mol. The van der Waals surface area contributed by atoms with E-state index in [1.165, 1.54) is 0 Å². The van der Waals surface area contributed by atoms with Crippen LogP contribution in [0.5, 0.6) is 0 Å². The van der Waals surface area contributed by atoms with Crippen LogP contribution in [0.2, 0.25) is 0 Å².